The van der Waals surface area contributed by atoms with Gasteiger partial charge in [0.1, 0.15) is 19.3 Å². The summed E-state index contributed by atoms with van der Waals surface area (Å²) in [5, 5.41) is 10.6. The van der Waals surface area contributed by atoms with Gasteiger partial charge in [-0.25, -0.2) is 9.13 Å². The van der Waals surface area contributed by atoms with Crippen LogP contribution in [-0.2, 0) is 65.4 Å². The van der Waals surface area contributed by atoms with Crippen LogP contribution in [-0.4, -0.2) is 96.7 Å². The van der Waals surface area contributed by atoms with Crippen LogP contribution < -0.4 is 0 Å². The Labute approximate surface area is 568 Å². The lowest BCUT2D eigenvalue weighted by molar-refractivity contribution is -0.161. The first-order chi connectivity index (χ1) is 44.9. The minimum Gasteiger partial charge on any atom is -0.462 e. The summed E-state index contributed by atoms with van der Waals surface area (Å²) in [6, 6.07) is 0. The molecule has 0 aromatic heterocycles. The number of aliphatic hydroxyl groups excluding tert-OH is 1. The largest absolute Gasteiger partial charge is 0.472 e. The Kier molecular flexibility index (Phi) is 64.6. The van der Waals surface area contributed by atoms with E-state index < -0.39 is 97.5 Å². The number of phosphoric ester groups is 2. The van der Waals surface area contributed by atoms with E-state index in [1.54, 1.807) is 0 Å². The number of phosphoric acid groups is 2. The van der Waals surface area contributed by atoms with Crippen molar-refractivity contribution in [3.05, 3.63) is 0 Å². The molecule has 3 N–H and O–H groups in total. The number of esters is 4. The number of aliphatic hydroxyl groups is 1. The normalized spacial score (nSPS) is 14.1. The van der Waals surface area contributed by atoms with Gasteiger partial charge in [0, 0.05) is 25.7 Å². The van der Waals surface area contributed by atoms with Crippen LogP contribution in [0.4, 0.5) is 0 Å². The number of rotatable bonds is 73. The number of hydrogen-bond donors (Lipinski definition) is 3. The summed E-state index contributed by atoms with van der Waals surface area (Å²) in [5.41, 5.74) is 0. The molecule has 0 aliphatic heterocycles. The maximum absolute atomic E-state index is 13.1. The lowest BCUT2D eigenvalue weighted by Crippen LogP contribution is -2.30. The van der Waals surface area contributed by atoms with Crippen molar-refractivity contribution in [1.82, 2.24) is 0 Å². The zero-order valence-electron chi connectivity index (χ0n) is 60.6. The van der Waals surface area contributed by atoms with E-state index in [-0.39, 0.29) is 25.7 Å². The molecular formula is C74H144O17P2. The molecule has 0 spiro atoms. The van der Waals surface area contributed by atoms with E-state index in [0.29, 0.717) is 25.7 Å². The first-order valence-electron chi connectivity index (χ1n) is 38.5. The molecule has 0 bridgehead atoms. The maximum Gasteiger partial charge on any atom is 0.472 e. The van der Waals surface area contributed by atoms with Crippen molar-refractivity contribution in [3.8, 4) is 0 Å². The molecule has 0 saturated heterocycles. The molecule has 0 aromatic rings. The van der Waals surface area contributed by atoms with Crippen LogP contribution in [0.2, 0.25) is 0 Å². The molecule has 5 atom stereocenters. The van der Waals surface area contributed by atoms with E-state index in [2.05, 4.69) is 41.5 Å². The Bertz CT molecular complexity index is 1800. The van der Waals surface area contributed by atoms with Crippen molar-refractivity contribution in [2.75, 3.05) is 39.6 Å². The summed E-state index contributed by atoms with van der Waals surface area (Å²) in [5.74, 6) is -0.550. The van der Waals surface area contributed by atoms with Gasteiger partial charge in [0.15, 0.2) is 12.2 Å². The van der Waals surface area contributed by atoms with Gasteiger partial charge in [-0.2, -0.15) is 0 Å². The molecule has 19 heteroatoms. The summed E-state index contributed by atoms with van der Waals surface area (Å²) < 4.78 is 68.4. The van der Waals surface area contributed by atoms with Gasteiger partial charge in [-0.15, -0.1) is 0 Å². The van der Waals surface area contributed by atoms with E-state index in [1.807, 2.05) is 0 Å². The van der Waals surface area contributed by atoms with Crippen LogP contribution in [0.3, 0.4) is 0 Å². The molecule has 93 heavy (non-hydrogen) atoms. The summed E-state index contributed by atoms with van der Waals surface area (Å²) in [7, 11) is -9.90. The van der Waals surface area contributed by atoms with Crippen molar-refractivity contribution in [1.29, 1.82) is 0 Å². The van der Waals surface area contributed by atoms with E-state index in [0.717, 1.165) is 102 Å². The zero-order valence-corrected chi connectivity index (χ0v) is 62.3. The van der Waals surface area contributed by atoms with Gasteiger partial charge < -0.3 is 33.8 Å². The maximum atomic E-state index is 13.1. The molecule has 0 fully saturated rings. The Balaban J connectivity index is 5.22. The minimum absolute atomic E-state index is 0.107. The fourth-order valence-corrected chi connectivity index (χ4v) is 12.9. The SMILES string of the molecule is CCCCCCCCCCCCCC(=O)O[C@H](COC(=O)CCCCCCCCCCCC)COP(=O)(O)OC[C@H](O)COP(=O)(O)OC[C@@H](COC(=O)CCCCCCCCCCCCC(C)C)OC(=O)CCCCCCCCCCCCCCCCCCC(C)C. The van der Waals surface area contributed by atoms with Crippen LogP contribution >= 0.6 is 15.6 Å². The standard InChI is InChI=1S/C74H144O17P2/c1-7-9-11-13-15-17-25-34-40-46-52-58-73(78)90-69(62-84-71(76)56-50-44-38-32-18-16-14-12-10-8-2)64-88-92(80,81)86-60-68(75)61-87-93(82,83)89-65-70(63-85-72(77)57-51-45-39-33-29-28-31-37-43-49-55-67(5)6)91-74(79)59-53-47-41-35-27-24-22-20-19-21-23-26-30-36-42-48-54-66(3)4/h66-70,75H,7-65H2,1-6H3,(H,80,81)(H,82,83)/t68-,69+,70+/m0/s1. The highest BCUT2D eigenvalue weighted by Crippen LogP contribution is 2.45. The second-order valence-electron chi connectivity index (χ2n) is 27.6. The van der Waals surface area contributed by atoms with Crippen LogP contribution in [0.1, 0.15) is 382 Å². The van der Waals surface area contributed by atoms with Crippen molar-refractivity contribution in [2.45, 2.75) is 400 Å². The van der Waals surface area contributed by atoms with Crippen LogP contribution in [0.15, 0.2) is 0 Å². The molecule has 0 rings (SSSR count). The van der Waals surface area contributed by atoms with E-state index in [9.17, 15) is 43.2 Å². The predicted molar refractivity (Wildman–Crippen MR) is 377 cm³/mol. The second-order valence-corrected chi connectivity index (χ2v) is 30.5. The molecule has 0 amide bonds. The lowest BCUT2D eigenvalue weighted by atomic mass is 10.0. The zero-order chi connectivity index (χ0) is 68.6. The summed E-state index contributed by atoms with van der Waals surface area (Å²) >= 11 is 0. The fraction of sp³-hybridized carbons (Fsp3) is 0.946. The molecule has 0 aromatic carbocycles. The summed E-state index contributed by atoms with van der Waals surface area (Å²) in [6.07, 6.45) is 52.6. The van der Waals surface area contributed by atoms with Gasteiger partial charge in [-0.3, -0.25) is 37.3 Å². The third-order valence-corrected chi connectivity index (χ3v) is 19.1. The number of hydrogen-bond acceptors (Lipinski definition) is 15. The Morgan fingerprint density at radius 2 is 0.495 bits per heavy atom. The number of carbonyl (C=O) groups excluding carboxylic acids is 4. The van der Waals surface area contributed by atoms with E-state index >= 15 is 0 Å². The van der Waals surface area contributed by atoms with Crippen molar-refractivity contribution in [3.63, 3.8) is 0 Å². The van der Waals surface area contributed by atoms with Crippen LogP contribution in [0, 0.1) is 11.8 Å². The molecular weight excluding hydrogens is 1220 g/mol. The van der Waals surface area contributed by atoms with E-state index in [1.165, 1.54) is 199 Å². The lowest BCUT2D eigenvalue weighted by Gasteiger charge is -2.21. The van der Waals surface area contributed by atoms with Gasteiger partial charge in [0.2, 0.25) is 0 Å². The van der Waals surface area contributed by atoms with Crippen molar-refractivity contribution in [2.24, 2.45) is 11.8 Å². The molecule has 0 aliphatic rings. The topological polar surface area (TPSA) is 237 Å². The third kappa shape index (κ3) is 68.4. The highest BCUT2D eigenvalue weighted by Gasteiger charge is 2.30. The Morgan fingerprint density at radius 3 is 0.731 bits per heavy atom. The van der Waals surface area contributed by atoms with Crippen LogP contribution in [0.5, 0.6) is 0 Å². The second kappa shape index (κ2) is 66.0. The number of carbonyl (C=O) groups is 4. The molecule has 0 radical (unpaired) electrons. The first kappa shape index (κ1) is 91.1. The van der Waals surface area contributed by atoms with Gasteiger partial charge in [0.05, 0.1) is 26.4 Å². The first-order valence-corrected chi connectivity index (χ1v) is 41.5. The minimum atomic E-state index is -4.95. The number of ether oxygens (including phenoxy) is 4. The monoisotopic (exact) mass is 1370 g/mol. The molecule has 0 saturated carbocycles. The molecule has 17 nitrogen and oxygen atoms in total. The Hall–Kier alpha value is -1.94. The van der Waals surface area contributed by atoms with E-state index in [4.69, 9.17) is 37.0 Å². The predicted octanol–water partition coefficient (Wildman–Crippen LogP) is 21.6. The summed E-state index contributed by atoms with van der Waals surface area (Å²) in [4.78, 5) is 72.7. The molecule has 552 valence electrons. The number of unbranched alkanes of at least 4 members (excludes halogenated alkanes) is 43. The smallest absolute Gasteiger partial charge is 0.462 e. The van der Waals surface area contributed by atoms with Gasteiger partial charge >= 0.3 is 39.5 Å². The van der Waals surface area contributed by atoms with Gasteiger partial charge in [-0.05, 0) is 37.5 Å². The highest BCUT2D eigenvalue weighted by atomic mass is 31.2. The molecule has 2 unspecified atom stereocenters. The van der Waals surface area contributed by atoms with Gasteiger partial charge in [0.25, 0.3) is 0 Å². The fourth-order valence-electron chi connectivity index (χ4n) is 11.3. The van der Waals surface area contributed by atoms with Crippen molar-refractivity contribution < 1.29 is 80.2 Å². The highest BCUT2D eigenvalue weighted by molar-refractivity contribution is 7.47. The molecule has 0 aliphatic carbocycles. The Morgan fingerprint density at radius 1 is 0.290 bits per heavy atom. The van der Waals surface area contributed by atoms with Crippen molar-refractivity contribution >= 4 is 39.5 Å². The average molecular weight is 1370 g/mol. The van der Waals surface area contributed by atoms with Crippen LogP contribution in [0.25, 0.3) is 0 Å². The summed E-state index contributed by atoms with van der Waals surface area (Å²) in [6.45, 7) is 9.59. The average Bonchev–Trinajstić information content (AvgIpc) is 3.23. The quantitative estimate of drug-likeness (QED) is 0.0222. The van der Waals surface area contributed by atoms with Gasteiger partial charge in [-0.1, -0.05) is 330 Å². The third-order valence-electron chi connectivity index (χ3n) is 17.2. The molecule has 0 heterocycles.